The Morgan fingerprint density at radius 2 is 1.50 bits per heavy atom. The van der Waals surface area contributed by atoms with Gasteiger partial charge in [-0.05, 0) is 86.0 Å². The van der Waals surface area contributed by atoms with Crippen LogP contribution in [0.5, 0.6) is 5.75 Å². The lowest BCUT2D eigenvalue weighted by atomic mass is 10.1. The van der Waals surface area contributed by atoms with Gasteiger partial charge < -0.3 is 10.1 Å². The SMILES string of the molecule is Cc1ccc(C)c(OC(=O)c2ccc(NC3=C(Cl)C(=O)N(c4ccc(Br)cc4)C3=O)cc2)c1C. The van der Waals surface area contributed by atoms with Crippen molar-refractivity contribution in [2.24, 2.45) is 0 Å². The minimum absolute atomic E-state index is 0.0316. The summed E-state index contributed by atoms with van der Waals surface area (Å²) in [5, 5.41) is 2.69. The van der Waals surface area contributed by atoms with E-state index in [-0.39, 0.29) is 10.7 Å². The molecule has 0 bridgehead atoms. The number of anilines is 2. The maximum Gasteiger partial charge on any atom is 0.343 e. The number of esters is 1. The number of benzene rings is 3. The van der Waals surface area contributed by atoms with E-state index in [0.717, 1.165) is 26.1 Å². The van der Waals surface area contributed by atoms with Crippen LogP contribution in [-0.2, 0) is 9.59 Å². The van der Waals surface area contributed by atoms with Crippen molar-refractivity contribution in [2.45, 2.75) is 20.8 Å². The molecule has 0 aromatic heterocycles. The van der Waals surface area contributed by atoms with Gasteiger partial charge in [0.05, 0.1) is 11.3 Å². The zero-order valence-electron chi connectivity index (χ0n) is 18.6. The van der Waals surface area contributed by atoms with E-state index in [0.29, 0.717) is 22.7 Å². The molecule has 6 nitrogen and oxygen atoms in total. The van der Waals surface area contributed by atoms with Crippen molar-refractivity contribution in [2.75, 3.05) is 10.2 Å². The van der Waals surface area contributed by atoms with E-state index in [1.807, 2.05) is 32.9 Å². The number of amides is 2. The van der Waals surface area contributed by atoms with E-state index in [2.05, 4.69) is 21.2 Å². The molecule has 172 valence electrons. The number of carbonyl (C=O) groups is 3. The fourth-order valence-electron chi connectivity index (χ4n) is 3.50. The number of carbonyl (C=O) groups excluding carboxylic acids is 3. The molecule has 0 radical (unpaired) electrons. The highest BCUT2D eigenvalue weighted by molar-refractivity contribution is 9.10. The Hall–Kier alpha value is -3.42. The second kappa shape index (κ2) is 9.44. The Morgan fingerprint density at radius 1 is 0.882 bits per heavy atom. The minimum Gasteiger partial charge on any atom is -0.422 e. The standard InChI is InChI=1S/C26H20BrClN2O4/c1-14-4-5-15(2)23(16(14)3)34-26(33)17-6-10-19(11-7-17)29-22-21(28)24(31)30(25(22)32)20-12-8-18(27)9-13-20/h4-13,29H,1-3H3. The number of nitrogens with one attached hydrogen (secondary N) is 1. The number of rotatable bonds is 5. The van der Waals surface area contributed by atoms with Gasteiger partial charge in [-0.3, -0.25) is 9.59 Å². The lowest BCUT2D eigenvalue weighted by Crippen LogP contribution is -2.32. The molecule has 1 heterocycles. The first kappa shape index (κ1) is 23.7. The predicted octanol–water partition coefficient (Wildman–Crippen LogP) is 6.03. The third-order valence-electron chi connectivity index (χ3n) is 5.57. The average molecular weight is 540 g/mol. The summed E-state index contributed by atoms with van der Waals surface area (Å²) in [4.78, 5) is 39.2. The molecule has 3 aromatic rings. The quantitative estimate of drug-likeness (QED) is 0.243. The molecule has 3 aromatic carbocycles. The Bertz CT molecular complexity index is 1350. The molecular weight excluding hydrogens is 520 g/mol. The summed E-state index contributed by atoms with van der Waals surface area (Å²) in [5.41, 5.74) is 4.03. The van der Waals surface area contributed by atoms with Gasteiger partial charge in [0.25, 0.3) is 11.8 Å². The molecule has 2 amide bonds. The van der Waals surface area contributed by atoms with Crippen LogP contribution < -0.4 is 15.0 Å². The van der Waals surface area contributed by atoms with Crippen LogP contribution in [0.2, 0.25) is 0 Å². The topological polar surface area (TPSA) is 75.7 Å². The first-order valence-electron chi connectivity index (χ1n) is 10.4. The molecule has 1 N–H and O–H groups in total. The van der Waals surface area contributed by atoms with E-state index in [1.54, 1.807) is 48.5 Å². The summed E-state index contributed by atoms with van der Waals surface area (Å²) in [6.45, 7) is 5.75. The van der Waals surface area contributed by atoms with Crippen molar-refractivity contribution in [1.82, 2.24) is 0 Å². The lowest BCUT2D eigenvalue weighted by Gasteiger charge is -2.15. The summed E-state index contributed by atoms with van der Waals surface area (Å²) in [5.74, 6) is -1.12. The van der Waals surface area contributed by atoms with E-state index in [1.165, 1.54) is 0 Å². The average Bonchev–Trinajstić information content (AvgIpc) is 3.03. The second-order valence-corrected chi connectivity index (χ2v) is 9.15. The molecule has 8 heteroatoms. The van der Waals surface area contributed by atoms with E-state index in [4.69, 9.17) is 16.3 Å². The molecular formula is C26H20BrClN2O4. The van der Waals surface area contributed by atoms with Gasteiger partial charge >= 0.3 is 5.97 Å². The van der Waals surface area contributed by atoms with Gasteiger partial charge in [0.15, 0.2) is 0 Å². The molecule has 34 heavy (non-hydrogen) atoms. The van der Waals surface area contributed by atoms with Gasteiger partial charge in [0.1, 0.15) is 16.5 Å². The number of aryl methyl sites for hydroxylation is 2. The molecule has 0 saturated heterocycles. The summed E-state index contributed by atoms with van der Waals surface area (Å²) in [7, 11) is 0. The first-order valence-corrected chi connectivity index (χ1v) is 11.5. The van der Waals surface area contributed by atoms with Crippen LogP contribution in [0.15, 0.2) is 75.9 Å². The fourth-order valence-corrected chi connectivity index (χ4v) is 3.98. The van der Waals surface area contributed by atoms with E-state index < -0.39 is 17.8 Å². The number of ether oxygens (including phenoxy) is 1. The zero-order chi connectivity index (χ0) is 24.6. The number of hydrogen-bond acceptors (Lipinski definition) is 5. The fraction of sp³-hybridized carbons (Fsp3) is 0.115. The molecule has 1 aliphatic heterocycles. The minimum atomic E-state index is -0.611. The van der Waals surface area contributed by atoms with Crippen LogP contribution in [0, 0.1) is 20.8 Å². The maximum atomic E-state index is 12.9. The summed E-state index contributed by atoms with van der Waals surface area (Å²) >= 11 is 9.51. The maximum absolute atomic E-state index is 12.9. The smallest absolute Gasteiger partial charge is 0.343 e. The number of halogens is 2. The molecule has 0 atom stereocenters. The van der Waals surface area contributed by atoms with Gasteiger partial charge in [0, 0.05) is 10.2 Å². The van der Waals surface area contributed by atoms with Gasteiger partial charge in [-0.2, -0.15) is 0 Å². The number of nitrogens with zero attached hydrogens (tertiary/aromatic N) is 1. The van der Waals surface area contributed by atoms with Crippen molar-refractivity contribution in [3.05, 3.63) is 98.1 Å². The number of hydrogen-bond donors (Lipinski definition) is 1. The zero-order valence-corrected chi connectivity index (χ0v) is 21.0. The Balaban J connectivity index is 1.50. The normalized spacial score (nSPS) is 13.5. The molecule has 0 aliphatic carbocycles. The largest absolute Gasteiger partial charge is 0.422 e. The lowest BCUT2D eigenvalue weighted by molar-refractivity contribution is -0.120. The highest BCUT2D eigenvalue weighted by atomic mass is 79.9. The second-order valence-electron chi connectivity index (χ2n) is 7.86. The summed E-state index contributed by atoms with van der Waals surface area (Å²) in [6.07, 6.45) is 0. The summed E-state index contributed by atoms with van der Waals surface area (Å²) in [6, 6.07) is 17.0. The van der Waals surface area contributed by atoms with Crippen molar-refractivity contribution in [3.8, 4) is 5.75 Å². The van der Waals surface area contributed by atoms with Crippen LogP contribution >= 0.6 is 27.5 Å². The van der Waals surface area contributed by atoms with Gasteiger partial charge in [-0.25, -0.2) is 9.69 Å². The molecule has 4 rings (SSSR count). The van der Waals surface area contributed by atoms with Gasteiger partial charge in [-0.15, -0.1) is 0 Å². The van der Waals surface area contributed by atoms with Gasteiger partial charge in [-0.1, -0.05) is 39.7 Å². The first-order chi connectivity index (χ1) is 16.2. The predicted molar refractivity (Wildman–Crippen MR) is 135 cm³/mol. The van der Waals surface area contributed by atoms with Crippen molar-refractivity contribution >= 4 is 56.7 Å². The van der Waals surface area contributed by atoms with Crippen LogP contribution in [0.1, 0.15) is 27.0 Å². The van der Waals surface area contributed by atoms with Crippen LogP contribution in [0.3, 0.4) is 0 Å². The van der Waals surface area contributed by atoms with Crippen LogP contribution in [0.25, 0.3) is 0 Å². The van der Waals surface area contributed by atoms with Gasteiger partial charge in [0.2, 0.25) is 0 Å². The Labute approximate surface area is 210 Å². The van der Waals surface area contributed by atoms with Crippen molar-refractivity contribution in [3.63, 3.8) is 0 Å². The monoisotopic (exact) mass is 538 g/mol. The molecule has 0 unspecified atom stereocenters. The third-order valence-corrected chi connectivity index (χ3v) is 6.45. The van der Waals surface area contributed by atoms with Crippen LogP contribution in [-0.4, -0.2) is 17.8 Å². The third kappa shape index (κ3) is 4.49. The molecule has 0 spiro atoms. The molecule has 0 saturated carbocycles. The Morgan fingerprint density at radius 3 is 2.15 bits per heavy atom. The molecule has 0 fully saturated rings. The van der Waals surface area contributed by atoms with E-state index >= 15 is 0 Å². The van der Waals surface area contributed by atoms with Crippen LogP contribution in [0.4, 0.5) is 11.4 Å². The highest BCUT2D eigenvalue weighted by Crippen LogP contribution is 2.31. The Kier molecular flexibility index (Phi) is 6.59. The van der Waals surface area contributed by atoms with E-state index in [9.17, 15) is 14.4 Å². The summed E-state index contributed by atoms with van der Waals surface area (Å²) < 4.78 is 6.46. The number of imide groups is 1. The van der Waals surface area contributed by atoms with Crippen molar-refractivity contribution in [1.29, 1.82) is 0 Å². The van der Waals surface area contributed by atoms with Crippen molar-refractivity contribution < 1.29 is 19.1 Å². The molecule has 1 aliphatic rings. The highest BCUT2D eigenvalue weighted by Gasteiger charge is 2.38.